The van der Waals surface area contributed by atoms with Crippen LogP contribution in [0.3, 0.4) is 0 Å². The second kappa shape index (κ2) is 8.80. The Balaban J connectivity index is 1.73. The molecule has 146 valence electrons. The maximum Gasteiger partial charge on any atom is 0.374 e. The third-order valence-corrected chi connectivity index (χ3v) is 4.05. The molecule has 29 heavy (non-hydrogen) atoms. The van der Waals surface area contributed by atoms with Gasteiger partial charge in [0.15, 0.2) is 12.0 Å². The largest absolute Gasteiger partial charge is 0.450 e. The topological polar surface area (TPSA) is 101 Å². The van der Waals surface area contributed by atoms with Gasteiger partial charge in [0, 0.05) is 18.3 Å². The summed E-state index contributed by atoms with van der Waals surface area (Å²) in [4.78, 5) is 38.0. The van der Waals surface area contributed by atoms with E-state index in [0.29, 0.717) is 11.1 Å². The molecule has 2 aromatic carbocycles. The zero-order chi connectivity index (χ0) is 20.8. The van der Waals surface area contributed by atoms with Crippen LogP contribution in [0.15, 0.2) is 63.8 Å². The predicted molar refractivity (Wildman–Crippen MR) is 102 cm³/mol. The van der Waals surface area contributed by atoms with E-state index in [4.69, 9.17) is 14.4 Å². The third kappa shape index (κ3) is 4.65. The molecule has 1 aromatic heterocycles. The molecule has 3 aromatic rings. The van der Waals surface area contributed by atoms with Crippen LogP contribution in [-0.2, 0) is 9.53 Å². The van der Waals surface area contributed by atoms with Crippen molar-refractivity contribution in [1.82, 2.24) is 0 Å². The lowest BCUT2D eigenvalue weighted by molar-refractivity contribution is -0.121. The Morgan fingerprint density at radius 3 is 2.59 bits per heavy atom. The summed E-state index contributed by atoms with van der Waals surface area (Å²) in [5.41, 5.74) is 0.173. The fourth-order valence-corrected chi connectivity index (χ4v) is 2.66. The molecule has 0 unspecified atom stereocenters. The first-order valence-corrected chi connectivity index (χ1v) is 8.62. The number of halogens is 1. The average Bonchev–Trinajstić information content (AvgIpc) is 2.73. The summed E-state index contributed by atoms with van der Waals surface area (Å²) in [6.45, 7) is -0.595. The van der Waals surface area contributed by atoms with E-state index < -0.39 is 29.7 Å². The number of rotatable bonds is 6. The predicted octanol–water partition coefficient (Wildman–Crippen LogP) is 3.04. The number of hydrogen-bond donors (Lipinski definition) is 0. The number of nitrogens with zero attached hydrogens (tertiary/aromatic N) is 2. The highest BCUT2D eigenvalue weighted by atomic mass is 19.1. The number of hydrogen-bond acceptors (Lipinski definition) is 6. The minimum atomic E-state index is -0.972. The smallest absolute Gasteiger partial charge is 0.374 e. The van der Waals surface area contributed by atoms with Crippen LogP contribution in [0.2, 0.25) is 0 Å². The van der Waals surface area contributed by atoms with Crippen molar-refractivity contribution in [3.63, 3.8) is 0 Å². The van der Waals surface area contributed by atoms with Crippen molar-refractivity contribution < 1.29 is 23.1 Å². The first-order chi connectivity index (χ1) is 14.0. The molecule has 7 nitrogen and oxygen atoms in total. The molecule has 1 heterocycles. The summed E-state index contributed by atoms with van der Waals surface area (Å²) < 4.78 is 23.5. The van der Waals surface area contributed by atoms with Crippen LogP contribution in [0.25, 0.3) is 11.0 Å². The summed E-state index contributed by atoms with van der Waals surface area (Å²) in [6.07, 6.45) is 0.0383. The molecule has 0 radical (unpaired) electrons. The quantitative estimate of drug-likeness (QED) is 0.596. The van der Waals surface area contributed by atoms with Crippen LogP contribution in [-0.4, -0.2) is 25.0 Å². The fraction of sp³-hybridized carbons (Fsp3) is 0.143. The molecular weight excluding hydrogens is 379 g/mol. The molecule has 0 aliphatic rings. The van der Waals surface area contributed by atoms with E-state index in [1.807, 2.05) is 6.07 Å². The van der Waals surface area contributed by atoms with E-state index in [9.17, 15) is 18.8 Å². The number of esters is 1. The van der Waals surface area contributed by atoms with E-state index >= 15 is 0 Å². The van der Waals surface area contributed by atoms with Crippen LogP contribution < -0.4 is 10.3 Å². The number of carbonyl (C=O) groups excluding carboxylic acids is 2. The van der Waals surface area contributed by atoms with E-state index in [-0.39, 0.29) is 24.3 Å². The minimum Gasteiger partial charge on any atom is -0.450 e. The number of ether oxygens (including phenoxy) is 1. The monoisotopic (exact) mass is 394 g/mol. The molecule has 0 aliphatic carbocycles. The number of carbonyl (C=O) groups is 2. The van der Waals surface area contributed by atoms with E-state index in [1.54, 1.807) is 18.2 Å². The first-order valence-electron chi connectivity index (χ1n) is 8.62. The lowest BCUT2D eigenvalue weighted by atomic mass is 10.2. The molecule has 0 saturated heterocycles. The summed E-state index contributed by atoms with van der Waals surface area (Å²) in [7, 11) is 0. The van der Waals surface area contributed by atoms with Gasteiger partial charge in [0.1, 0.15) is 11.4 Å². The first kappa shape index (κ1) is 19.8. The number of fused-ring (bicyclic) bond motifs is 1. The Morgan fingerprint density at radius 1 is 1.14 bits per heavy atom. The Bertz CT molecular complexity index is 1150. The fourth-order valence-electron chi connectivity index (χ4n) is 2.66. The van der Waals surface area contributed by atoms with Crippen molar-refractivity contribution in [2.45, 2.75) is 6.42 Å². The van der Waals surface area contributed by atoms with Gasteiger partial charge in [0.2, 0.25) is 5.76 Å². The number of para-hydroxylation sites is 1. The van der Waals surface area contributed by atoms with Gasteiger partial charge in [-0.15, -0.1) is 0 Å². The lowest BCUT2D eigenvalue weighted by Gasteiger charge is -2.21. The summed E-state index contributed by atoms with van der Waals surface area (Å²) >= 11 is 0. The van der Waals surface area contributed by atoms with Crippen LogP contribution in [0.1, 0.15) is 17.0 Å². The van der Waals surface area contributed by atoms with Gasteiger partial charge in [-0.2, -0.15) is 5.26 Å². The summed E-state index contributed by atoms with van der Waals surface area (Å²) in [6, 6.07) is 14.5. The highest BCUT2D eigenvalue weighted by Gasteiger charge is 2.20. The van der Waals surface area contributed by atoms with Gasteiger partial charge < -0.3 is 14.1 Å². The Morgan fingerprint density at radius 2 is 1.86 bits per heavy atom. The molecule has 8 heteroatoms. The maximum atomic E-state index is 13.1. The minimum absolute atomic E-state index is 0.0383. The molecule has 1 amide bonds. The van der Waals surface area contributed by atoms with E-state index in [0.717, 1.165) is 6.07 Å². The van der Waals surface area contributed by atoms with Gasteiger partial charge in [-0.05, 0) is 36.4 Å². The van der Waals surface area contributed by atoms with Crippen molar-refractivity contribution in [3.05, 3.63) is 76.4 Å². The van der Waals surface area contributed by atoms with Crippen LogP contribution >= 0.6 is 0 Å². The standard InChI is InChI=1S/C21H15FN2O5/c22-14-6-8-15(9-7-14)24(11-3-10-23)20(26)13-28-21(27)19-12-17(25)16-4-1-2-5-18(16)29-19/h1-2,4-9,12H,3,11,13H2. The highest BCUT2D eigenvalue weighted by molar-refractivity contribution is 5.96. The second-order valence-electron chi connectivity index (χ2n) is 5.98. The van der Waals surface area contributed by atoms with Crippen molar-refractivity contribution >= 4 is 28.5 Å². The molecule has 3 rings (SSSR count). The van der Waals surface area contributed by atoms with E-state index in [2.05, 4.69) is 0 Å². The molecule has 0 bridgehead atoms. The lowest BCUT2D eigenvalue weighted by Crippen LogP contribution is -2.35. The SMILES string of the molecule is N#CCCN(C(=O)COC(=O)c1cc(=O)c2ccccc2o1)c1ccc(F)cc1. The third-order valence-electron chi connectivity index (χ3n) is 4.05. The van der Waals surface area contributed by atoms with Crippen molar-refractivity contribution in [3.8, 4) is 6.07 Å². The van der Waals surface area contributed by atoms with Gasteiger partial charge >= 0.3 is 5.97 Å². The molecule has 0 spiro atoms. The molecule has 0 N–H and O–H groups in total. The normalized spacial score (nSPS) is 10.3. The van der Waals surface area contributed by atoms with Crippen LogP contribution in [0.4, 0.5) is 10.1 Å². The van der Waals surface area contributed by atoms with Crippen LogP contribution in [0, 0.1) is 17.1 Å². The van der Waals surface area contributed by atoms with Crippen molar-refractivity contribution in [1.29, 1.82) is 5.26 Å². The molecule has 0 aliphatic heterocycles. The summed E-state index contributed by atoms with van der Waals surface area (Å²) in [5, 5.41) is 9.11. The van der Waals surface area contributed by atoms with Crippen molar-refractivity contribution in [2.75, 3.05) is 18.1 Å². The van der Waals surface area contributed by atoms with Gasteiger partial charge in [-0.25, -0.2) is 9.18 Å². The average molecular weight is 394 g/mol. The zero-order valence-electron chi connectivity index (χ0n) is 15.1. The van der Waals surface area contributed by atoms with Gasteiger partial charge in [-0.3, -0.25) is 9.59 Å². The molecule has 0 saturated carbocycles. The van der Waals surface area contributed by atoms with Gasteiger partial charge in [0.05, 0.1) is 17.9 Å². The van der Waals surface area contributed by atoms with Gasteiger partial charge in [-0.1, -0.05) is 12.1 Å². The number of anilines is 1. The maximum absolute atomic E-state index is 13.1. The Hall–Kier alpha value is -3.99. The number of amides is 1. The Kier molecular flexibility index (Phi) is 6.00. The van der Waals surface area contributed by atoms with E-state index in [1.165, 1.54) is 35.2 Å². The molecule has 0 atom stereocenters. The number of nitriles is 1. The summed E-state index contributed by atoms with van der Waals surface area (Å²) in [5.74, 6) is -2.38. The van der Waals surface area contributed by atoms with Crippen LogP contribution in [0.5, 0.6) is 0 Å². The number of benzene rings is 2. The molecule has 0 fully saturated rings. The second-order valence-corrected chi connectivity index (χ2v) is 5.98. The zero-order valence-corrected chi connectivity index (χ0v) is 15.1. The molecular formula is C21H15FN2O5. The van der Waals surface area contributed by atoms with Crippen molar-refractivity contribution in [2.24, 2.45) is 0 Å². The highest BCUT2D eigenvalue weighted by Crippen LogP contribution is 2.16. The Labute approximate surface area is 164 Å². The van der Waals surface area contributed by atoms with Gasteiger partial charge in [0.25, 0.3) is 5.91 Å².